The molecule has 1 aromatic rings. The number of halogens is 1. The van der Waals surface area contributed by atoms with Crippen molar-refractivity contribution < 1.29 is 5.21 Å². The van der Waals surface area contributed by atoms with Crippen LogP contribution in [0.3, 0.4) is 0 Å². The van der Waals surface area contributed by atoms with Gasteiger partial charge in [-0.25, -0.2) is 4.68 Å². The predicted octanol–water partition coefficient (Wildman–Crippen LogP) is 0.776. The SMILES string of the molecule is C/C(=N\O)c1nc(Br)nn1C. The van der Waals surface area contributed by atoms with E-state index in [0.29, 0.717) is 16.3 Å². The molecule has 11 heavy (non-hydrogen) atoms. The lowest BCUT2D eigenvalue weighted by molar-refractivity contribution is 0.318. The summed E-state index contributed by atoms with van der Waals surface area (Å²) in [5.74, 6) is 0.541. The number of nitrogens with zero attached hydrogens (tertiary/aromatic N) is 4. The van der Waals surface area contributed by atoms with Gasteiger partial charge in [-0.3, -0.25) is 0 Å². The molecule has 60 valence electrons. The van der Waals surface area contributed by atoms with E-state index in [0.717, 1.165) is 0 Å². The maximum atomic E-state index is 8.41. The third-order valence-electron chi connectivity index (χ3n) is 1.21. The average molecular weight is 219 g/mol. The Morgan fingerprint density at radius 1 is 1.73 bits per heavy atom. The Kier molecular flexibility index (Phi) is 2.23. The highest BCUT2D eigenvalue weighted by atomic mass is 79.9. The maximum Gasteiger partial charge on any atom is 0.217 e. The van der Waals surface area contributed by atoms with Crippen molar-refractivity contribution in [2.45, 2.75) is 6.92 Å². The molecule has 1 heterocycles. The van der Waals surface area contributed by atoms with Gasteiger partial charge in [0.2, 0.25) is 4.73 Å². The average Bonchev–Trinajstić information content (AvgIpc) is 2.28. The second-order valence-corrected chi connectivity index (χ2v) is 2.72. The summed E-state index contributed by atoms with van der Waals surface area (Å²) in [6.07, 6.45) is 0. The van der Waals surface area contributed by atoms with Crippen LogP contribution in [-0.4, -0.2) is 25.7 Å². The largest absolute Gasteiger partial charge is 0.411 e. The van der Waals surface area contributed by atoms with Gasteiger partial charge >= 0.3 is 0 Å². The van der Waals surface area contributed by atoms with Crippen LogP contribution in [0, 0.1) is 0 Å². The molecule has 1 aromatic heterocycles. The Hall–Kier alpha value is -0.910. The van der Waals surface area contributed by atoms with Gasteiger partial charge in [0.25, 0.3) is 0 Å². The zero-order valence-electron chi connectivity index (χ0n) is 6.11. The minimum Gasteiger partial charge on any atom is -0.411 e. The number of rotatable bonds is 1. The van der Waals surface area contributed by atoms with Crippen LogP contribution < -0.4 is 0 Å². The molecular weight excluding hydrogens is 212 g/mol. The van der Waals surface area contributed by atoms with Gasteiger partial charge in [0.05, 0.1) is 0 Å². The highest BCUT2D eigenvalue weighted by Crippen LogP contribution is 2.04. The van der Waals surface area contributed by atoms with E-state index >= 15 is 0 Å². The Balaban J connectivity index is 3.13. The van der Waals surface area contributed by atoms with E-state index in [2.05, 4.69) is 31.2 Å². The Labute approximate surface area is 71.9 Å². The monoisotopic (exact) mass is 218 g/mol. The van der Waals surface area contributed by atoms with Crippen molar-refractivity contribution in [3.63, 3.8) is 0 Å². The summed E-state index contributed by atoms with van der Waals surface area (Å²) in [4.78, 5) is 3.96. The van der Waals surface area contributed by atoms with Gasteiger partial charge < -0.3 is 5.21 Å². The highest BCUT2D eigenvalue weighted by molar-refractivity contribution is 9.10. The van der Waals surface area contributed by atoms with Crippen molar-refractivity contribution in [1.82, 2.24) is 14.8 Å². The number of hydrogen-bond donors (Lipinski definition) is 1. The van der Waals surface area contributed by atoms with E-state index in [1.165, 1.54) is 4.68 Å². The van der Waals surface area contributed by atoms with Gasteiger partial charge in [0, 0.05) is 7.05 Å². The van der Waals surface area contributed by atoms with E-state index < -0.39 is 0 Å². The Bertz CT molecular complexity index is 293. The van der Waals surface area contributed by atoms with Crippen LogP contribution in [0.4, 0.5) is 0 Å². The van der Waals surface area contributed by atoms with Gasteiger partial charge in [-0.05, 0) is 22.9 Å². The number of aryl methyl sites for hydroxylation is 1. The molecule has 6 heteroatoms. The second kappa shape index (κ2) is 3.00. The summed E-state index contributed by atoms with van der Waals surface area (Å²) in [5.41, 5.74) is 0.436. The molecule has 0 aliphatic heterocycles. The lowest BCUT2D eigenvalue weighted by atomic mass is 10.4. The van der Waals surface area contributed by atoms with Gasteiger partial charge in [0.1, 0.15) is 5.71 Å². The van der Waals surface area contributed by atoms with Crippen LogP contribution in [0.5, 0.6) is 0 Å². The fourth-order valence-corrected chi connectivity index (χ4v) is 1.12. The minimum absolute atomic E-state index is 0.436. The van der Waals surface area contributed by atoms with Crippen molar-refractivity contribution in [1.29, 1.82) is 0 Å². The van der Waals surface area contributed by atoms with E-state index in [-0.39, 0.29) is 0 Å². The highest BCUT2D eigenvalue weighted by Gasteiger charge is 2.07. The molecule has 0 unspecified atom stereocenters. The molecule has 5 nitrogen and oxygen atoms in total. The normalized spacial score (nSPS) is 12.1. The van der Waals surface area contributed by atoms with Crippen molar-refractivity contribution in [2.75, 3.05) is 0 Å². The van der Waals surface area contributed by atoms with Crippen LogP contribution in [-0.2, 0) is 7.05 Å². The number of oxime groups is 1. The molecule has 1 N–H and O–H groups in total. The summed E-state index contributed by atoms with van der Waals surface area (Å²) in [7, 11) is 1.72. The quantitative estimate of drug-likeness (QED) is 0.431. The first kappa shape index (κ1) is 8.19. The molecule has 0 aliphatic carbocycles. The zero-order chi connectivity index (χ0) is 8.43. The van der Waals surface area contributed by atoms with Crippen LogP contribution in [0.15, 0.2) is 9.89 Å². The summed E-state index contributed by atoms with van der Waals surface area (Å²) in [6.45, 7) is 1.65. The smallest absolute Gasteiger partial charge is 0.217 e. The molecule has 0 aliphatic rings. The van der Waals surface area contributed by atoms with Gasteiger partial charge in [-0.15, -0.1) is 5.10 Å². The van der Waals surface area contributed by atoms with E-state index in [1.807, 2.05) is 0 Å². The second-order valence-electron chi connectivity index (χ2n) is 2.01. The summed E-state index contributed by atoms with van der Waals surface area (Å²) in [5, 5.41) is 15.3. The molecule has 0 radical (unpaired) electrons. The van der Waals surface area contributed by atoms with Gasteiger partial charge in [0.15, 0.2) is 5.82 Å². The molecule has 0 amide bonds. The summed E-state index contributed by atoms with van der Waals surface area (Å²) < 4.78 is 2.01. The lowest BCUT2D eigenvalue weighted by Crippen LogP contribution is -2.05. The molecule has 0 atom stereocenters. The fourth-order valence-electron chi connectivity index (χ4n) is 0.713. The van der Waals surface area contributed by atoms with Crippen molar-refractivity contribution in [3.8, 4) is 0 Å². The van der Waals surface area contributed by atoms with Crippen LogP contribution in [0.1, 0.15) is 12.7 Å². The first-order chi connectivity index (χ1) is 5.15. The standard InChI is InChI=1S/C5H7BrN4O/c1-3(9-11)4-7-5(6)8-10(4)2/h11H,1-2H3/b9-3+. The number of aromatic nitrogens is 3. The first-order valence-corrected chi connectivity index (χ1v) is 3.70. The lowest BCUT2D eigenvalue weighted by Gasteiger charge is -1.93. The predicted molar refractivity (Wildman–Crippen MR) is 42.7 cm³/mol. The van der Waals surface area contributed by atoms with E-state index in [4.69, 9.17) is 5.21 Å². The number of hydrogen-bond acceptors (Lipinski definition) is 4. The molecular formula is C5H7BrN4O. The van der Waals surface area contributed by atoms with E-state index in [1.54, 1.807) is 14.0 Å². The minimum atomic E-state index is 0.436. The topological polar surface area (TPSA) is 63.3 Å². The molecule has 0 saturated heterocycles. The molecule has 0 fully saturated rings. The van der Waals surface area contributed by atoms with E-state index in [9.17, 15) is 0 Å². The molecule has 0 spiro atoms. The van der Waals surface area contributed by atoms with Gasteiger partial charge in [-0.2, -0.15) is 4.98 Å². The van der Waals surface area contributed by atoms with Gasteiger partial charge in [-0.1, -0.05) is 5.16 Å². The Morgan fingerprint density at radius 2 is 2.36 bits per heavy atom. The molecule has 1 rings (SSSR count). The molecule has 0 saturated carbocycles. The zero-order valence-corrected chi connectivity index (χ0v) is 7.70. The third-order valence-corrected chi connectivity index (χ3v) is 1.55. The molecule has 0 bridgehead atoms. The van der Waals surface area contributed by atoms with Crippen LogP contribution in [0.2, 0.25) is 0 Å². The van der Waals surface area contributed by atoms with Crippen LogP contribution >= 0.6 is 15.9 Å². The first-order valence-electron chi connectivity index (χ1n) is 2.90. The van der Waals surface area contributed by atoms with Crippen molar-refractivity contribution >= 4 is 21.6 Å². The maximum absolute atomic E-state index is 8.41. The van der Waals surface area contributed by atoms with Crippen LogP contribution in [0.25, 0.3) is 0 Å². The molecule has 0 aromatic carbocycles. The third kappa shape index (κ3) is 1.56. The van der Waals surface area contributed by atoms with Crippen molar-refractivity contribution in [2.24, 2.45) is 12.2 Å². The summed E-state index contributed by atoms with van der Waals surface area (Å²) >= 11 is 3.10. The van der Waals surface area contributed by atoms with Crippen molar-refractivity contribution in [3.05, 3.63) is 10.6 Å². The Morgan fingerprint density at radius 3 is 2.73 bits per heavy atom. The summed E-state index contributed by atoms with van der Waals surface area (Å²) in [6, 6.07) is 0. The fraction of sp³-hybridized carbons (Fsp3) is 0.400.